The highest BCUT2D eigenvalue weighted by Crippen LogP contribution is 2.22. The van der Waals surface area contributed by atoms with E-state index in [0.717, 1.165) is 0 Å². The van der Waals surface area contributed by atoms with Gasteiger partial charge in [-0.3, -0.25) is 4.79 Å². The lowest BCUT2D eigenvalue weighted by atomic mass is 10.2. The van der Waals surface area contributed by atoms with Crippen LogP contribution in [0.3, 0.4) is 0 Å². The lowest BCUT2D eigenvalue weighted by Gasteiger charge is -2.06. The van der Waals surface area contributed by atoms with Crippen molar-refractivity contribution >= 4 is 5.97 Å². The van der Waals surface area contributed by atoms with Crippen LogP contribution >= 0.6 is 0 Å². The molecule has 0 unspecified atom stereocenters. The van der Waals surface area contributed by atoms with Gasteiger partial charge in [0.2, 0.25) is 0 Å². The second-order valence-corrected chi connectivity index (χ2v) is 2.77. The Morgan fingerprint density at radius 2 is 2.00 bits per heavy atom. The van der Waals surface area contributed by atoms with E-state index in [-0.39, 0.29) is 6.61 Å². The van der Waals surface area contributed by atoms with Gasteiger partial charge in [0.1, 0.15) is 11.5 Å². The van der Waals surface area contributed by atoms with Crippen LogP contribution in [0, 0.1) is 0 Å². The molecule has 0 aliphatic heterocycles. The number of carbonyl (C=O) groups excluding carboxylic acids is 1. The Bertz CT molecular complexity index is 311. The molecular weight excluding hydrogens is 184 g/mol. The summed E-state index contributed by atoms with van der Waals surface area (Å²) in [5.41, 5.74) is 0.639. The molecule has 0 radical (unpaired) electrons. The zero-order valence-electron chi connectivity index (χ0n) is 8.11. The van der Waals surface area contributed by atoms with E-state index in [4.69, 9.17) is 14.6 Å². The zero-order chi connectivity index (χ0) is 10.6. The third kappa shape index (κ3) is 2.74. The van der Waals surface area contributed by atoms with Gasteiger partial charge < -0.3 is 14.6 Å². The van der Waals surface area contributed by atoms with Crippen LogP contribution in [0.25, 0.3) is 0 Å². The normalized spacial score (nSPS) is 9.64. The smallest absolute Gasteiger partial charge is 0.308 e. The van der Waals surface area contributed by atoms with Gasteiger partial charge in [-0.25, -0.2) is 0 Å². The molecule has 0 spiro atoms. The standard InChI is InChI=1S/C10H12O4/c1-7(12)14-10-4-8(6-11)3-9(5-10)13-2/h3-5,11H,6H2,1-2H3. The van der Waals surface area contributed by atoms with Crippen molar-refractivity contribution < 1.29 is 19.4 Å². The largest absolute Gasteiger partial charge is 0.497 e. The number of aliphatic hydroxyl groups excluding tert-OH is 1. The average Bonchev–Trinajstić information content (AvgIpc) is 2.16. The van der Waals surface area contributed by atoms with Crippen molar-refractivity contribution in [3.63, 3.8) is 0 Å². The third-order valence-corrected chi connectivity index (χ3v) is 1.62. The van der Waals surface area contributed by atoms with Crippen molar-refractivity contribution in [2.45, 2.75) is 13.5 Å². The Morgan fingerprint density at radius 3 is 2.50 bits per heavy atom. The Kier molecular flexibility index (Phi) is 3.48. The van der Waals surface area contributed by atoms with Gasteiger partial charge in [0.15, 0.2) is 0 Å². The first kappa shape index (κ1) is 10.5. The lowest BCUT2D eigenvalue weighted by Crippen LogP contribution is -2.02. The summed E-state index contributed by atoms with van der Waals surface area (Å²) in [6.45, 7) is 1.20. The van der Waals surface area contributed by atoms with Gasteiger partial charge in [-0.2, -0.15) is 0 Å². The minimum absolute atomic E-state index is 0.120. The highest BCUT2D eigenvalue weighted by molar-refractivity contribution is 5.69. The van der Waals surface area contributed by atoms with Crippen molar-refractivity contribution in [1.29, 1.82) is 0 Å². The van der Waals surface area contributed by atoms with E-state index in [1.54, 1.807) is 18.2 Å². The van der Waals surface area contributed by atoms with Crippen molar-refractivity contribution in [2.24, 2.45) is 0 Å². The molecular formula is C10H12O4. The molecule has 0 saturated heterocycles. The maximum Gasteiger partial charge on any atom is 0.308 e. The molecule has 4 nitrogen and oxygen atoms in total. The van der Waals surface area contributed by atoms with Gasteiger partial charge in [0.25, 0.3) is 0 Å². The van der Waals surface area contributed by atoms with Crippen molar-refractivity contribution in [3.8, 4) is 11.5 Å². The molecule has 0 aromatic heterocycles. The minimum Gasteiger partial charge on any atom is -0.497 e. The summed E-state index contributed by atoms with van der Waals surface area (Å²) < 4.78 is 9.85. The summed E-state index contributed by atoms with van der Waals surface area (Å²) in [5, 5.41) is 8.92. The molecule has 0 aliphatic rings. The molecule has 14 heavy (non-hydrogen) atoms. The summed E-state index contributed by atoms with van der Waals surface area (Å²) in [6.07, 6.45) is 0. The van der Waals surface area contributed by atoms with Crippen LogP contribution < -0.4 is 9.47 Å². The van der Waals surface area contributed by atoms with E-state index in [0.29, 0.717) is 17.1 Å². The second-order valence-electron chi connectivity index (χ2n) is 2.77. The summed E-state index contributed by atoms with van der Waals surface area (Å²) in [5.74, 6) is 0.524. The number of aliphatic hydroxyl groups is 1. The highest BCUT2D eigenvalue weighted by Gasteiger charge is 2.03. The Hall–Kier alpha value is -1.55. The molecule has 0 bridgehead atoms. The van der Waals surface area contributed by atoms with Crippen LogP contribution in [0.1, 0.15) is 12.5 Å². The van der Waals surface area contributed by atoms with Gasteiger partial charge in [-0.05, 0) is 17.7 Å². The lowest BCUT2D eigenvalue weighted by molar-refractivity contribution is -0.131. The molecule has 1 N–H and O–H groups in total. The summed E-state index contributed by atoms with van der Waals surface area (Å²) in [6, 6.07) is 4.84. The summed E-state index contributed by atoms with van der Waals surface area (Å²) in [4.78, 5) is 10.7. The van der Waals surface area contributed by atoms with Crippen molar-refractivity contribution in [3.05, 3.63) is 23.8 Å². The maximum absolute atomic E-state index is 10.7. The van der Waals surface area contributed by atoms with Gasteiger partial charge in [0, 0.05) is 13.0 Å². The Morgan fingerprint density at radius 1 is 1.36 bits per heavy atom. The first-order valence-corrected chi connectivity index (χ1v) is 4.13. The summed E-state index contributed by atoms with van der Waals surface area (Å²) >= 11 is 0. The van der Waals surface area contributed by atoms with E-state index < -0.39 is 5.97 Å². The van der Waals surface area contributed by atoms with Crippen LogP contribution in [0.5, 0.6) is 11.5 Å². The first-order chi connectivity index (χ1) is 6.65. The summed E-state index contributed by atoms with van der Waals surface area (Å²) in [7, 11) is 1.51. The maximum atomic E-state index is 10.7. The fourth-order valence-corrected chi connectivity index (χ4v) is 1.06. The highest BCUT2D eigenvalue weighted by atomic mass is 16.5. The second kappa shape index (κ2) is 4.62. The van der Waals surface area contributed by atoms with E-state index in [1.165, 1.54) is 14.0 Å². The van der Waals surface area contributed by atoms with E-state index in [9.17, 15) is 4.79 Å². The number of rotatable bonds is 3. The SMILES string of the molecule is COc1cc(CO)cc(OC(C)=O)c1. The van der Waals surface area contributed by atoms with Crippen molar-refractivity contribution in [2.75, 3.05) is 7.11 Å². The molecule has 0 aliphatic carbocycles. The van der Waals surface area contributed by atoms with Gasteiger partial charge in [0.05, 0.1) is 13.7 Å². The van der Waals surface area contributed by atoms with E-state index in [2.05, 4.69) is 0 Å². The number of methoxy groups -OCH3 is 1. The monoisotopic (exact) mass is 196 g/mol. The molecule has 0 fully saturated rings. The molecule has 4 heteroatoms. The Labute approximate surface area is 82.1 Å². The van der Waals surface area contributed by atoms with Gasteiger partial charge in [-0.1, -0.05) is 0 Å². The molecule has 1 rings (SSSR count). The third-order valence-electron chi connectivity index (χ3n) is 1.62. The Balaban J connectivity index is 2.98. The number of ether oxygens (including phenoxy) is 2. The quantitative estimate of drug-likeness (QED) is 0.581. The molecule has 0 heterocycles. The van der Waals surface area contributed by atoms with Crippen LogP contribution in [0.2, 0.25) is 0 Å². The fourth-order valence-electron chi connectivity index (χ4n) is 1.06. The minimum atomic E-state index is -0.401. The number of benzene rings is 1. The predicted molar refractivity (Wildman–Crippen MR) is 50.2 cm³/mol. The van der Waals surface area contributed by atoms with Crippen LogP contribution in [0.15, 0.2) is 18.2 Å². The zero-order valence-corrected chi connectivity index (χ0v) is 8.11. The molecule has 0 saturated carbocycles. The van der Waals surface area contributed by atoms with Crippen LogP contribution in [-0.4, -0.2) is 18.2 Å². The first-order valence-electron chi connectivity index (χ1n) is 4.13. The number of carbonyl (C=O) groups is 1. The molecule has 0 atom stereocenters. The van der Waals surface area contributed by atoms with Crippen LogP contribution in [0.4, 0.5) is 0 Å². The molecule has 0 amide bonds. The topological polar surface area (TPSA) is 55.8 Å². The van der Waals surface area contributed by atoms with Crippen molar-refractivity contribution in [1.82, 2.24) is 0 Å². The number of esters is 1. The molecule has 76 valence electrons. The fraction of sp³-hybridized carbons (Fsp3) is 0.300. The predicted octanol–water partition coefficient (Wildman–Crippen LogP) is 1.11. The average molecular weight is 196 g/mol. The van der Waals surface area contributed by atoms with Crippen LogP contribution in [-0.2, 0) is 11.4 Å². The molecule has 1 aromatic carbocycles. The van der Waals surface area contributed by atoms with E-state index >= 15 is 0 Å². The van der Waals surface area contributed by atoms with Gasteiger partial charge in [-0.15, -0.1) is 0 Å². The van der Waals surface area contributed by atoms with Gasteiger partial charge >= 0.3 is 5.97 Å². The number of hydrogen-bond acceptors (Lipinski definition) is 4. The molecule has 1 aromatic rings. The van der Waals surface area contributed by atoms with E-state index in [1.807, 2.05) is 0 Å². The number of hydrogen-bond donors (Lipinski definition) is 1.